The molecule has 3 aromatic rings. The zero-order chi connectivity index (χ0) is 17.3. The fraction of sp³-hybridized carbons (Fsp3) is 0.154. The van der Waals surface area contributed by atoms with Crippen LogP contribution in [0, 0.1) is 20.2 Å². The van der Waals surface area contributed by atoms with Crippen molar-refractivity contribution >= 4 is 33.6 Å². The summed E-state index contributed by atoms with van der Waals surface area (Å²) in [4.78, 5) is 25.3. The third-order valence-electron chi connectivity index (χ3n) is 3.36. The molecule has 2 N–H and O–H groups in total. The van der Waals surface area contributed by atoms with Crippen molar-refractivity contribution in [1.82, 2.24) is 9.38 Å². The molecule has 1 aromatic carbocycles. The first-order chi connectivity index (χ1) is 11.5. The number of aromatic nitrogens is 2. The lowest BCUT2D eigenvalue weighted by Gasteiger charge is -2.11. The van der Waals surface area contributed by atoms with Gasteiger partial charge in [0.15, 0.2) is 0 Å². The van der Waals surface area contributed by atoms with E-state index in [0.717, 1.165) is 0 Å². The van der Waals surface area contributed by atoms with Crippen molar-refractivity contribution in [3.8, 4) is 0 Å². The molecule has 10 nitrogen and oxygen atoms in total. The van der Waals surface area contributed by atoms with Gasteiger partial charge in [0, 0.05) is 24.1 Å². The largest absolute Gasteiger partial charge is 0.387 e. The summed E-state index contributed by atoms with van der Waals surface area (Å²) in [7, 11) is 0. The number of thiazole rings is 1. The lowest BCUT2D eigenvalue weighted by atomic mass is 10.1. The molecule has 24 heavy (non-hydrogen) atoms. The van der Waals surface area contributed by atoms with E-state index in [0.29, 0.717) is 10.5 Å². The molecular weight excluding hydrogens is 338 g/mol. The summed E-state index contributed by atoms with van der Waals surface area (Å²) in [5.41, 5.74) is 0.376. The van der Waals surface area contributed by atoms with Crippen LogP contribution in [0.25, 0.3) is 4.96 Å². The number of hydrogen-bond acceptors (Lipinski definition) is 8. The van der Waals surface area contributed by atoms with Crippen LogP contribution in [0.1, 0.15) is 11.7 Å². The third-order valence-corrected chi connectivity index (χ3v) is 4.12. The van der Waals surface area contributed by atoms with Gasteiger partial charge in [0.2, 0.25) is 5.82 Å². The number of aliphatic hydroxyl groups excluding tert-OH is 1. The fourth-order valence-corrected chi connectivity index (χ4v) is 2.91. The minimum atomic E-state index is -0.995. The Balaban J connectivity index is 1.75. The summed E-state index contributed by atoms with van der Waals surface area (Å²) in [5.74, 6) is -0.144. The average molecular weight is 349 g/mol. The summed E-state index contributed by atoms with van der Waals surface area (Å²) >= 11 is 1.26. The summed E-state index contributed by atoms with van der Waals surface area (Å²) in [6.07, 6.45) is 0.549. The second kappa shape index (κ2) is 6.22. The zero-order valence-corrected chi connectivity index (χ0v) is 12.8. The maximum absolute atomic E-state index is 11.2. The number of benzene rings is 1. The molecule has 11 heteroatoms. The molecule has 0 fully saturated rings. The van der Waals surface area contributed by atoms with Crippen LogP contribution < -0.4 is 5.32 Å². The van der Waals surface area contributed by atoms with Crippen LogP contribution in [0.15, 0.2) is 35.8 Å². The van der Waals surface area contributed by atoms with Crippen LogP contribution in [-0.4, -0.2) is 30.9 Å². The third kappa shape index (κ3) is 2.89. The summed E-state index contributed by atoms with van der Waals surface area (Å²) in [6.45, 7) is -0.0243. The minimum Gasteiger partial charge on any atom is -0.387 e. The number of aliphatic hydroxyl groups is 1. The molecule has 0 saturated heterocycles. The zero-order valence-electron chi connectivity index (χ0n) is 12.0. The SMILES string of the molecule is O=[N+]([O-])c1ccc(C(O)CNc2nc3sccn3c2[N+](=O)[O-])cc1. The number of nitro groups is 2. The van der Waals surface area contributed by atoms with Crippen molar-refractivity contribution in [1.29, 1.82) is 0 Å². The minimum absolute atomic E-state index is 0.0243. The summed E-state index contributed by atoms with van der Waals surface area (Å²) in [6, 6.07) is 5.44. The molecule has 124 valence electrons. The molecule has 2 aromatic heterocycles. The molecule has 0 radical (unpaired) electrons. The molecule has 3 rings (SSSR count). The molecular formula is C13H11N5O5S. The van der Waals surface area contributed by atoms with Gasteiger partial charge in [-0.25, -0.2) is 0 Å². The van der Waals surface area contributed by atoms with E-state index in [-0.39, 0.29) is 23.9 Å². The average Bonchev–Trinajstić information content (AvgIpc) is 3.12. The van der Waals surface area contributed by atoms with Crippen molar-refractivity contribution < 1.29 is 15.0 Å². The number of rotatable bonds is 6. The first-order valence-electron chi connectivity index (χ1n) is 6.73. The molecule has 0 amide bonds. The predicted octanol–water partition coefficient (Wildman–Crippen LogP) is 2.36. The van der Waals surface area contributed by atoms with E-state index in [2.05, 4.69) is 10.3 Å². The molecule has 0 bridgehead atoms. The maximum Gasteiger partial charge on any atom is 0.372 e. The lowest BCUT2D eigenvalue weighted by Crippen LogP contribution is -2.13. The van der Waals surface area contributed by atoms with E-state index in [9.17, 15) is 25.3 Å². The van der Waals surface area contributed by atoms with E-state index in [1.807, 2.05) is 0 Å². The number of hydrogen-bond donors (Lipinski definition) is 2. The highest BCUT2D eigenvalue weighted by atomic mass is 32.1. The van der Waals surface area contributed by atoms with Crippen molar-refractivity contribution in [2.45, 2.75) is 6.10 Å². The van der Waals surface area contributed by atoms with Gasteiger partial charge in [-0.1, -0.05) is 11.3 Å². The summed E-state index contributed by atoms with van der Waals surface area (Å²) < 4.78 is 1.35. The molecule has 0 spiro atoms. The molecule has 0 aliphatic carbocycles. The van der Waals surface area contributed by atoms with E-state index in [4.69, 9.17) is 0 Å². The van der Waals surface area contributed by atoms with E-state index in [1.54, 1.807) is 11.6 Å². The van der Waals surface area contributed by atoms with Crippen LogP contribution in [0.5, 0.6) is 0 Å². The Hall–Kier alpha value is -3.05. The van der Waals surface area contributed by atoms with E-state index in [1.165, 1.54) is 40.0 Å². The van der Waals surface area contributed by atoms with E-state index >= 15 is 0 Å². The highest BCUT2D eigenvalue weighted by Gasteiger charge is 2.24. The van der Waals surface area contributed by atoms with E-state index < -0.39 is 16.0 Å². The lowest BCUT2D eigenvalue weighted by molar-refractivity contribution is -0.389. The Morgan fingerprint density at radius 3 is 2.58 bits per heavy atom. The van der Waals surface area contributed by atoms with Crippen molar-refractivity contribution in [3.05, 3.63) is 61.6 Å². The highest BCUT2D eigenvalue weighted by Crippen LogP contribution is 2.28. The molecule has 1 unspecified atom stereocenters. The number of nitro benzene ring substituents is 1. The normalized spacial score (nSPS) is 12.2. The Kier molecular flexibility index (Phi) is 4.10. The maximum atomic E-state index is 11.2. The molecule has 0 saturated carbocycles. The topological polar surface area (TPSA) is 136 Å². The molecule has 2 heterocycles. The first-order valence-corrected chi connectivity index (χ1v) is 7.61. The van der Waals surface area contributed by atoms with Gasteiger partial charge in [0.05, 0.1) is 11.0 Å². The Morgan fingerprint density at radius 1 is 1.25 bits per heavy atom. The molecule has 0 aliphatic heterocycles. The Bertz CT molecular complexity index is 903. The van der Waals surface area contributed by atoms with Gasteiger partial charge in [0.1, 0.15) is 6.20 Å². The fourth-order valence-electron chi connectivity index (χ4n) is 2.20. The predicted molar refractivity (Wildman–Crippen MR) is 86.3 cm³/mol. The van der Waals surface area contributed by atoms with Crippen LogP contribution >= 0.6 is 11.3 Å². The Morgan fingerprint density at radius 2 is 1.96 bits per heavy atom. The van der Waals surface area contributed by atoms with Gasteiger partial charge in [-0.3, -0.25) is 10.1 Å². The number of non-ortho nitro benzene ring substituents is 1. The Labute approximate surface area is 138 Å². The number of nitrogens with one attached hydrogen (secondary N) is 1. The number of fused-ring (bicyclic) bond motifs is 1. The van der Waals surface area contributed by atoms with Crippen LogP contribution in [0.2, 0.25) is 0 Å². The van der Waals surface area contributed by atoms with Gasteiger partial charge < -0.3 is 20.5 Å². The van der Waals surface area contributed by atoms with Gasteiger partial charge in [-0.2, -0.15) is 9.38 Å². The van der Waals surface area contributed by atoms with Crippen molar-refractivity contribution in [2.75, 3.05) is 11.9 Å². The second-order valence-corrected chi connectivity index (χ2v) is 5.72. The van der Waals surface area contributed by atoms with Crippen LogP contribution in [0.4, 0.5) is 17.3 Å². The molecule has 0 aliphatic rings. The standard InChI is InChI=1S/C13H11N5O5S/c19-10(8-1-3-9(4-2-8)17(20)21)7-14-11-12(18(22)23)16-5-6-24-13(16)15-11/h1-6,10,14,19H,7H2. The molecule has 1 atom stereocenters. The number of anilines is 1. The number of nitrogens with zero attached hydrogens (tertiary/aromatic N) is 4. The van der Waals surface area contributed by atoms with Crippen LogP contribution in [-0.2, 0) is 0 Å². The first kappa shape index (κ1) is 15.8. The second-order valence-electron chi connectivity index (χ2n) is 4.84. The van der Waals surface area contributed by atoms with Gasteiger partial charge in [-0.15, -0.1) is 0 Å². The monoisotopic (exact) mass is 349 g/mol. The van der Waals surface area contributed by atoms with Gasteiger partial charge >= 0.3 is 5.82 Å². The van der Waals surface area contributed by atoms with Gasteiger partial charge in [-0.05, 0) is 22.6 Å². The van der Waals surface area contributed by atoms with Crippen molar-refractivity contribution in [2.24, 2.45) is 0 Å². The van der Waals surface area contributed by atoms with Gasteiger partial charge in [0.25, 0.3) is 10.6 Å². The number of imidazole rings is 1. The highest BCUT2D eigenvalue weighted by molar-refractivity contribution is 7.15. The summed E-state index contributed by atoms with van der Waals surface area (Å²) in [5, 5.41) is 36.4. The van der Waals surface area contributed by atoms with Crippen molar-refractivity contribution in [3.63, 3.8) is 0 Å². The quantitative estimate of drug-likeness (QED) is 0.515. The van der Waals surface area contributed by atoms with Crippen LogP contribution in [0.3, 0.4) is 0 Å². The smallest absolute Gasteiger partial charge is 0.372 e.